The maximum atomic E-state index is 13.5. The highest BCUT2D eigenvalue weighted by atomic mass is 19.4. The molecule has 1 aliphatic heterocycles. The molecule has 4 aromatic rings. The molecular formula is C30H31F3N4O. The number of benzene rings is 2. The number of aromatic amines is 1. The molecule has 2 N–H and O–H groups in total. The molecule has 198 valence electrons. The van der Waals surface area contributed by atoms with Crippen LogP contribution in [0.4, 0.5) is 19.0 Å². The molecule has 0 atom stereocenters. The first kappa shape index (κ1) is 25.9. The summed E-state index contributed by atoms with van der Waals surface area (Å²) in [7, 11) is 3.75. The number of hydrogen-bond acceptors (Lipinski definition) is 4. The minimum absolute atomic E-state index is 0.332. The number of alkyl halides is 3. The molecule has 0 radical (unpaired) electrons. The fraction of sp³-hybridized carbons (Fsp3) is 0.300. The Hall–Kier alpha value is -3.78. The maximum Gasteiger partial charge on any atom is 0.416 e. The molecule has 2 aromatic carbocycles. The molecule has 1 fully saturated rings. The second-order valence-corrected chi connectivity index (χ2v) is 9.80. The molecule has 0 bridgehead atoms. The first-order valence-corrected chi connectivity index (χ1v) is 12.7. The fourth-order valence-corrected chi connectivity index (χ4v) is 4.95. The average molecular weight is 521 g/mol. The number of H-pyrrole nitrogens is 1. The van der Waals surface area contributed by atoms with Crippen molar-refractivity contribution >= 4 is 5.82 Å². The van der Waals surface area contributed by atoms with Gasteiger partial charge in [-0.1, -0.05) is 24.3 Å². The van der Waals surface area contributed by atoms with Gasteiger partial charge in [-0.3, -0.25) is 0 Å². The number of aromatic nitrogens is 2. The van der Waals surface area contributed by atoms with Crippen LogP contribution < -0.4 is 10.1 Å². The number of methoxy groups -OCH3 is 1. The number of pyridine rings is 1. The summed E-state index contributed by atoms with van der Waals surface area (Å²) >= 11 is 0. The van der Waals surface area contributed by atoms with Crippen molar-refractivity contribution in [3.8, 4) is 28.1 Å². The number of nitrogens with one attached hydrogen (secondary N) is 2. The van der Waals surface area contributed by atoms with Crippen molar-refractivity contribution in [2.24, 2.45) is 0 Å². The lowest BCUT2D eigenvalue weighted by atomic mass is 9.93. The van der Waals surface area contributed by atoms with E-state index in [1.807, 2.05) is 36.4 Å². The third-order valence-corrected chi connectivity index (χ3v) is 7.18. The van der Waals surface area contributed by atoms with Gasteiger partial charge in [0.2, 0.25) is 0 Å². The summed E-state index contributed by atoms with van der Waals surface area (Å²) in [4.78, 5) is 10.3. The number of likely N-dealkylation sites (tertiary alicyclic amines) is 1. The normalized spacial score (nSPS) is 15.0. The average Bonchev–Trinajstić information content (AvgIpc) is 3.38. The molecule has 38 heavy (non-hydrogen) atoms. The van der Waals surface area contributed by atoms with Gasteiger partial charge in [0, 0.05) is 29.9 Å². The van der Waals surface area contributed by atoms with Crippen LogP contribution in [0, 0.1) is 0 Å². The Morgan fingerprint density at radius 3 is 2.47 bits per heavy atom. The van der Waals surface area contributed by atoms with Gasteiger partial charge in [0.05, 0.1) is 18.4 Å². The Morgan fingerprint density at radius 1 is 1.00 bits per heavy atom. The van der Waals surface area contributed by atoms with Crippen molar-refractivity contribution in [2.45, 2.75) is 31.5 Å². The van der Waals surface area contributed by atoms with E-state index in [0.29, 0.717) is 29.5 Å². The molecule has 3 heterocycles. The zero-order valence-electron chi connectivity index (χ0n) is 21.5. The number of piperidine rings is 1. The quantitative estimate of drug-likeness (QED) is 0.271. The van der Waals surface area contributed by atoms with Gasteiger partial charge in [-0.25, -0.2) is 4.98 Å². The van der Waals surface area contributed by atoms with Crippen molar-refractivity contribution in [1.29, 1.82) is 0 Å². The van der Waals surface area contributed by atoms with Gasteiger partial charge in [0.1, 0.15) is 11.6 Å². The molecular weight excluding hydrogens is 489 g/mol. The van der Waals surface area contributed by atoms with E-state index in [0.717, 1.165) is 60.1 Å². The summed E-state index contributed by atoms with van der Waals surface area (Å²) in [5.74, 6) is 1.82. The highest BCUT2D eigenvalue weighted by Gasteiger charge is 2.31. The molecule has 0 aliphatic carbocycles. The van der Waals surface area contributed by atoms with E-state index >= 15 is 0 Å². The second kappa shape index (κ2) is 10.9. The van der Waals surface area contributed by atoms with Crippen LogP contribution in [-0.4, -0.2) is 42.1 Å². The Bertz CT molecular complexity index is 1370. The number of ether oxygens (including phenoxy) is 1. The molecule has 0 unspecified atom stereocenters. The Kier molecular flexibility index (Phi) is 7.42. The van der Waals surface area contributed by atoms with Gasteiger partial charge in [-0.05, 0) is 92.1 Å². The Labute approximate surface area is 220 Å². The molecule has 5 rings (SSSR count). The van der Waals surface area contributed by atoms with Crippen LogP contribution in [0.1, 0.15) is 35.6 Å². The van der Waals surface area contributed by atoms with Crippen LogP contribution in [-0.2, 0) is 12.7 Å². The summed E-state index contributed by atoms with van der Waals surface area (Å²) in [5, 5.41) is 3.36. The number of rotatable bonds is 7. The second-order valence-electron chi connectivity index (χ2n) is 9.80. The molecule has 0 amide bonds. The van der Waals surface area contributed by atoms with Crippen LogP contribution in [0.25, 0.3) is 22.4 Å². The van der Waals surface area contributed by atoms with E-state index < -0.39 is 11.7 Å². The topological polar surface area (TPSA) is 53.2 Å². The lowest BCUT2D eigenvalue weighted by Crippen LogP contribution is -2.29. The van der Waals surface area contributed by atoms with E-state index in [9.17, 15) is 13.2 Å². The Morgan fingerprint density at radius 2 is 1.76 bits per heavy atom. The van der Waals surface area contributed by atoms with Crippen molar-refractivity contribution in [3.05, 3.63) is 89.7 Å². The molecule has 2 aromatic heterocycles. The smallest absolute Gasteiger partial charge is 0.416 e. The van der Waals surface area contributed by atoms with Gasteiger partial charge >= 0.3 is 6.18 Å². The van der Waals surface area contributed by atoms with Crippen LogP contribution in [0.5, 0.6) is 5.75 Å². The maximum absolute atomic E-state index is 13.5. The summed E-state index contributed by atoms with van der Waals surface area (Å²) in [5.41, 5.74) is 4.44. The summed E-state index contributed by atoms with van der Waals surface area (Å²) in [6.07, 6.45) is -0.675. The van der Waals surface area contributed by atoms with Gasteiger partial charge in [-0.15, -0.1) is 0 Å². The van der Waals surface area contributed by atoms with Crippen LogP contribution in [0.3, 0.4) is 0 Å². The van der Waals surface area contributed by atoms with E-state index in [4.69, 9.17) is 4.74 Å². The standard InChI is InChI=1S/C30H31F3N4O/c1-37-14-11-21(12-15-37)27-18-26(29(36-27)23-4-3-5-24(16-23)30(31,32)33)22-10-13-34-28(17-22)35-19-20-6-8-25(38-2)9-7-20/h3-10,13,16-18,21,36H,11-12,14-15,19H2,1-2H3,(H,34,35). The van der Waals surface area contributed by atoms with Crippen molar-refractivity contribution < 1.29 is 17.9 Å². The van der Waals surface area contributed by atoms with E-state index in [-0.39, 0.29) is 0 Å². The van der Waals surface area contributed by atoms with Crippen LogP contribution >= 0.6 is 0 Å². The zero-order valence-corrected chi connectivity index (χ0v) is 21.5. The number of hydrogen-bond donors (Lipinski definition) is 2. The van der Waals surface area contributed by atoms with Crippen molar-refractivity contribution in [2.75, 3.05) is 32.6 Å². The number of nitrogens with zero attached hydrogens (tertiary/aromatic N) is 2. The van der Waals surface area contributed by atoms with Gasteiger partial charge in [-0.2, -0.15) is 13.2 Å². The first-order valence-electron chi connectivity index (χ1n) is 12.7. The summed E-state index contributed by atoms with van der Waals surface area (Å²) in [6.45, 7) is 2.56. The number of anilines is 1. The van der Waals surface area contributed by atoms with E-state index in [1.54, 1.807) is 19.4 Å². The molecule has 1 aliphatic rings. The van der Waals surface area contributed by atoms with Crippen molar-refractivity contribution in [1.82, 2.24) is 14.9 Å². The van der Waals surface area contributed by atoms with E-state index in [1.165, 1.54) is 12.1 Å². The molecule has 8 heteroatoms. The number of halogens is 3. The van der Waals surface area contributed by atoms with Gasteiger partial charge in [0.15, 0.2) is 0 Å². The third kappa shape index (κ3) is 5.86. The van der Waals surface area contributed by atoms with Gasteiger partial charge < -0.3 is 19.9 Å². The van der Waals surface area contributed by atoms with Gasteiger partial charge in [0.25, 0.3) is 0 Å². The minimum Gasteiger partial charge on any atom is -0.497 e. The SMILES string of the molecule is COc1ccc(CNc2cc(-c3cc(C4CCN(C)CC4)[nH]c3-c3cccc(C(F)(F)F)c3)ccn2)cc1. The van der Waals surface area contributed by atoms with Crippen molar-refractivity contribution in [3.63, 3.8) is 0 Å². The minimum atomic E-state index is -4.41. The fourth-order valence-electron chi connectivity index (χ4n) is 4.95. The first-order chi connectivity index (χ1) is 18.3. The predicted octanol–water partition coefficient (Wildman–Crippen LogP) is 7.19. The predicted molar refractivity (Wildman–Crippen MR) is 144 cm³/mol. The monoisotopic (exact) mass is 520 g/mol. The zero-order chi connectivity index (χ0) is 26.7. The highest BCUT2D eigenvalue weighted by Crippen LogP contribution is 2.39. The summed E-state index contributed by atoms with van der Waals surface area (Å²) < 4.78 is 45.8. The van der Waals surface area contributed by atoms with Crippen LogP contribution in [0.2, 0.25) is 0 Å². The lowest BCUT2D eigenvalue weighted by molar-refractivity contribution is -0.137. The van der Waals surface area contributed by atoms with E-state index in [2.05, 4.69) is 33.3 Å². The molecule has 5 nitrogen and oxygen atoms in total. The lowest BCUT2D eigenvalue weighted by Gasteiger charge is -2.28. The highest BCUT2D eigenvalue weighted by molar-refractivity contribution is 5.83. The molecule has 0 saturated carbocycles. The molecule has 0 spiro atoms. The third-order valence-electron chi connectivity index (χ3n) is 7.18. The Balaban J connectivity index is 1.48. The largest absolute Gasteiger partial charge is 0.497 e. The molecule has 1 saturated heterocycles. The van der Waals surface area contributed by atoms with Crippen LogP contribution in [0.15, 0.2) is 72.9 Å². The summed E-state index contributed by atoms with van der Waals surface area (Å²) in [6, 6.07) is 19.3.